The molecule has 3 heterocycles. The van der Waals surface area contributed by atoms with Gasteiger partial charge in [-0.3, -0.25) is 14.3 Å². The maximum atomic E-state index is 12.0. The average molecular weight is 437 g/mol. The highest BCUT2D eigenvalue weighted by molar-refractivity contribution is 8.06. The standard InChI is InChI=1S/C13H20N5O8PS/c1-23-2-3-24-9-8(19)6(4-25-27(21,22)28)26-12(9)18-5-15-7-10(18)16-13(14)17-11(7)20/h5-6,8-9,12,19H,2-4H2,1H3,(H2,21,22,28)(H3,14,16,17,20)/t6-,8-,9-,12-/m1/s1. The quantitative estimate of drug-likeness (QED) is 0.231. The van der Waals surface area contributed by atoms with E-state index in [0.717, 1.165) is 0 Å². The highest BCUT2D eigenvalue weighted by Crippen LogP contribution is 2.39. The molecule has 1 fully saturated rings. The molecule has 0 saturated carbocycles. The van der Waals surface area contributed by atoms with Crippen molar-refractivity contribution in [1.82, 2.24) is 19.5 Å². The van der Waals surface area contributed by atoms with Gasteiger partial charge < -0.3 is 39.4 Å². The third-order valence-corrected chi connectivity index (χ3v) is 4.84. The Morgan fingerprint density at radius 3 is 2.89 bits per heavy atom. The van der Waals surface area contributed by atoms with Gasteiger partial charge >= 0.3 is 6.72 Å². The SMILES string of the molecule is COCCO[C@@H]1[C@H](O)[C@@H](COP(O)(O)=S)O[C@H]1n1cnc2c(=O)[nH]c(N)nc21. The van der Waals surface area contributed by atoms with Crippen LogP contribution in [-0.4, -0.2) is 79.7 Å². The Morgan fingerprint density at radius 1 is 1.46 bits per heavy atom. The van der Waals surface area contributed by atoms with Crippen LogP contribution in [0.2, 0.25) is 0 Å². The number of nitrogens with two attached hydrogens (primary N) is 1. The molecule has 0 spiro atoms. The number of hydrogen-bond acceptors (Lipinski definition) is 10. The topological polar surface area (TPSA) is 187 Å². The molecule has 1 aliphatic heterocycles. The second-order valence-electron chi connectivity index (χ2n) is 5.95. The van der Waals surface area contributed by atoms with Crippen LogP contribution in [0.1, 0.15) is 6.23 Å². The number of ether oxygens (including phenoxy) is 3. The number of nitrogens with one attached hydrogen (secondary N) is 1. The van der Waals surface area contributed by atoms with Crippen LogP contribution in [0.5, 0.6) is 0 Å². The number of aliphatic hydroxyl groups excluding tert-OH is 1. The van der Waals surface area contributed by atoms with Crippen molar-refractivity contribution >= 4 is 35.6 Å². The number of aliphatic hydroxyl groups is 1. The monoisotopic (exact) mass is 437 g/mol. The number of imidazole rings is 1. The van der Waals surface area contributed by atoms with Crippen molar-refractivity contribution in [3.05, 3.63) is 16.7 Å². The van der Waals surface area contributed by atoms with Gasteiger partial charge in [0.1, 0.15) is 18.3 Å². The average Bonchev–Trinajstić information content (AvgIpc) is 3.15. The first-order valence-corrected chi connectivity index (χ1v) is 10.7. The molecular formula is C13H20N5O8PS. The Labute approximate surface area is 163 Å². The van der Waals surface area contributed by atoms with Crippen LogP contribution in [0, 0.1) is 0 Å². The molecule has 0 amide bonds. The van der Waals surface area contributed by atoms with Crippen LogP contribution in [0.4, 0.5) is 5.95 Å². The second kappa shape index (κ2) is 8.49. The third kappa shape index (κ3) is 4.56. The minimum Gasteiger partial charge on any atom is -0.387 e. The number of rotatable bonds is 8. The van der Waals surface area contributed by atoms with Crippen molar-refractivity contribution in [2.75, 3.05) is 32.7 Å². The molecule has 2 aromatic heterocycles. The predicted octanol–water partition coefficient (Wildman–Crippen LogP) is -1.78. The van der Waals surface area contributed by atoms with Crippen molar-refractivity contribution in [2.24, 2.45) is 0 Å². The van der Waals surface area contributed by atoms with E-state index in [-0.39, 0.29) is 36.9 Å². The minimum absolute atomic E-state index is 0.0313. The Kier molecular flexibility index (Phi) is 6.44. The molecule has 0 unspecified atom stereocenters. The van der Waals surface area contributed by atoms with Gasteiger partial charge in [0.15, 0.2) is 17.4 Å². The number of methoxy groups -OCH3 is 1. The van der Waals surface area contributed by atoms with Gasteiger partial charge in [-0.05, 0) is 11.8 Å². The zero-order valence-electron chi connectivity index (χ0n) is 14.7. The van der Waals surface area contributed by atoms with Crippen LogP contribution in [0.3, 0.4) is 0 Å². The molecule has 6 N–H and O–H groups in total. The Hall–Kier alpha value is -1.48. The number of nitrogens with zero attached hydrogens (tertiary/aromatic N) is 3. The first kappa shape index (κ1) is 21.2. The molecule has 15 heteroatoms. The molecule has 0 bridgehead atoms. The number of fused-ring (bicyclic) bond motifs is 1. The summed E-state index contributed by atoms with van der Waals surface area (Å²) in [5.41, 5.74) is 5.24. The summed E-state index contributed by atoms with van der Waals surface area (Å²) in [7, 11) is 1.50. The molecule has 1 aliphatic rings. The zero-order valence-corrected chi connectivity index (χ0v) is 16.4. The summed E-state index contributed by atoms with van der Waals surface area (Å²) >= 11 is 4.41. The summed E-state index contributed by atoms with van der Waals surface area (Å²) in [6, 6.07) is 0. The van der Waals surface area contributed by atoms with Crippen molar-refractivity contribution in [2.45, 2.75) is 24.5 Å². The highest BCUT2D eigenvalue weighted by Gasteiger charge is 2.46. The van der Waals surface area contributed by atoms with E-state index in [2.05, 4.69) is 26.8 Å². The molecule has 0 aliphatic carbocycles. The number of aromatic nitrogens is 4. The van der Waals surface area contributed by atoms with Crippen molar-refractivity contribution in [3.63, 3.8) is 0 Å². The smallest absolute Gasteiger partial charge is 0.321 e. The van der Waals surface area contributed by atoms with Gasteiger partial charge in [0.25, 0.3) is 5.56 Å². The van der Waals surface area contributed by atoms with Crippen LogP contribution in [0.25, 0.3) is 11.2 Å². The van der Waals surface area contributed by atoms with E-state index in [1.165, 1.54) is 18.0 Å². The molecule has 156 valence electrons. The van der Waals surface area contributed by atoms with Crippen LogP contribution < -0.4 is 11.3 Å². The maximum Gasteiger partial charge on any atom is 0.321 e. The molecule has 2 aromatic rings. The van der Waals surface area contributed by atoms with E-state index >= 15 is 0 Å². The zero-order chi connectivity index (χ0) is 20.5. The highest BCUT2D eigenvalue weighted by atomic mass is 32.5. The van der Waals surface area contributed by atoms with Gasteiger partial charge in [0.05, 0.1) is 26.1 Å². The Balaban J connectivity index is 1.92. The van der Waals surface area contributed by atoms with E-state index in [0.29, 0.717) is 0 Å². The number of anilines is 1. The Bertz CT molecular complexity index is 931. The van der Waals surface area contributed by atoms with E-state index < -0.39 is 36.8 Å². The molecule has 3 rings (SSSR count). The van der Waals surface area contributed by atoms with Gasteiger partial charge in [-0.1, -0.05) is 0 Å². The van der Waals surface area contributed by atoms with Gasteiger partial charge in [-0.15, -0.1) is 0 Å². The van der Waals surface area contributed by atoms with Crippen LogP contribution >= 0.6 is 6.72 Å². The van der Waals surface area contributed by atoms with Crippen LogP contribution in [-0.2, 0) is 30.5 Å². The van der Waals surface area contributed by atoms with E-state index in [1.54, 1.807) is 0 Å². The normalized spacial score (nSPS) is 25.6. The van der Waals surface area contributed by atoms with E-state index in [9.17, 15) is 19.7 Å². The Morgan fingerprint density at radius 2 is 2.21 bits per heavy atom. The predicted molar refractivity (Wildman–Crippen MR) is 98.8 cm³/mol. The molecule has 4 atom stereocenters. The summed E-state index contributed by atoms with van der Waals surface area (Å²) in [6.07, 6.45) is -2.76. The molecule has 1 saturated heterocycles. The lowest BCUT2D eigenvalue weighted by Crippen LogP contribution is -2.36. The molecule has 0 radical (unpaired) electrons. The fourth-order valence-electron chi connectivity index (χ4n) is 2.83. The minimum atomic E-state index is -3.93. The first-order chi connectivity index (χ1) is 13.2. The molecule has 28 heavy (non-hydrogen) atoms. The van der Waals surface area contributed by atoms with Crippen molar-refractivity contribution < 1.29 is 33.6 Å². The maximum absolute atomic E-state index is 12.0. The van der Waals surface area contributed by atoms with Crippen molar-refractivity contribution in [3.8, 4) is 0 Å². The van der Waals surface area contributed by atoms with E-state index in [1.807, 2.05) is 0 Å². The summed E-state index contributed by atoms with van der Waals surface area (Å²) in [5.74, 6) is -0.115. The summed E-state index contributed by atoms with van der Waals surface area (Å²) in [6.45, 7) is -3.90. The lowest BCUT2D eigenvalue weighted by atomic mass is 10.1. The van der Waals surface area contributed by atoms with Gasteiger partial charge in [0.2, 0.25) is 5.95 Å². The fraction of sp³-hybridized carbons (Fsp3) is 0.615. The van der Waals surface area contributed by atoms with Gasteiger partial charge in [0, 0.05) is 7.11 Å². The molecule has 13 nitrogen and oxygen atoms in total. The first-order valence-electron chi connectivity index (χ1n) is 8.07. The number of aromatic amines is 1. The van der Waals surface area contributed by atoms with E-state index in [4.69, 9.17) is 24.5 Å². The van der Waals surface area contributed by atoms with Gasteiger partial charge in [-0.2, -0.15) is 4.98 Å². The lowest BCUT2D eigenvalue weighted by molar-refractivity contribution is -0.0781. The molecule has 0 aromatic carbocycles. The molecular weight excluding hydrogens is 417 g/mol. The second-order valence-corrected chi connectivity index (χ2v) is 8.61. The van der Waals surface area contributed by atoms with Crippen LogP contribution in [0.15, 0.2) is 11.1 Å². The summed E-state index contributed by atoms with van der Waals surface area (Å²) < 4.78 is 22.6. The largest absolute Gasteiger partial charge is 0.387 e. The summed E-state index contributed by atoms with van der Waals surface area (Å²) in [5, 5.41) is 10.6. The fourth-order valence-corrected chi connectivity index (χ4v) is 3.35. The number of nitrogen functional groups attached to an aromatic ring is 1. The van der Waals surface area contributed by atoms with Crippen molar-refractivity contribution in [1.29, 1.82) is 0 Å². The van der Waals surface area contributed by atoms with Gasteiger partial charge in [-0.25, -0.2) is 4.98 Å². The summed E-state index contributed by atoms with van der Waals surface area (Å²) in [4.78, 5) is 40.9. The lowest BCUT2D eigenvalue weighted by Gasteiger charge is -2.22. The number of H-pyrrole nitrogens is 1. The number of hydrogen-bond donors (Lipinski definition) is 5. The third-order valence-electron chi connectivity index (χ3n) is 4.04.